The van der Waals surface area contributed by atoms with Crippen LogP contribution in [0.15, 0.2) is 48.8 Å². The van der Waals surface area contributed by atoms with Crippen LogP contribution in [0.2, 0.25) is 0 Å². The summed E-state index contributed by atoms with van der Waals surface area (Å²) in [7, 11) is 0. The molecule has 1 aliphatic heterocycles. The molecule has 1 aromatic carbocycles. The van der Waals surface area contributed by atoms with Gasteiger partial charge in [0.15, 0.2) is 0 Å². The molecule has 1 saturated heterocycles. The number of nitrogens with zero attached hydrogens (tertiary/aromatic N) is 3. The van der Waals surface area contributed by atoms with Crippen molar-refractivity contribution in [1.82, 2.24) is 14.8 Å². The molecule has 1 atom stereocenters. The topological polar surface area (TPSA) is 53.5 Å². The second-order valence-electron chi connectivity index (χ2n) is 8.16. The molecular formula is C23H24F3N3O2. The van der Waals surface area contributed by atoms with Crippen LogP contribution in [-0.4, -0.2) is 39.2 Å². The highest BCUT2D eigenvalue weighted by Crippen LogP contribution is 2.34. The largest absolute Gasteiger partial charge is 0.416 e. The number of piperazine rings is 1. The lowest BCUT2D eigenvalue weighted by Gasteiger charge is -2.44. The fraction of sp³-hybridized carbons (Fsp3) is 0.435. The summed E-state index contributed by atoms with van der Waals surface area (Å²) in [5.74, 6) is -0.337. The van der Waals surface area contributed by atoms with Crippen LogP contribution in [0.3, 0.4) is 0 Å². The van der Waals surface area contributed by atoms with Crippen molar-refractivity contribution in [2.45, 2.75) is 56.9 Å². The molecule has 0 bridgehead atoms. The Morgan fingerprint density at radius 2 is 1.58 bits per heavy atom. The number of alkyl halides is 3. The lowest BCUT2D eigenvalue weighted by molar-refractivity contribution is -0.160. The molecule has 2 fully saturated rings. The van der Waals surface area contributed by atoms with Crippen molar-refractivity contribution >= 4 is 11.8 Å². The van der Waals surface area contributed by atoms with Gasteiger partial charge in [-0.2, -0.15) is 13.2 Å². The summed E-state index contributed by atoms with van der Waals surface area (Å²) in [6, 6.07) is 7.38. The summed E-state index contributed by atoms with van der Waals surface area (Å²) in [6.07, 6.45) is 3.72. The highest BCUT2D eigenvalue weighted by atomic mass is 19.4. The molecule has 2 heterocycles. The summed E-state index contributed by atoms with van der Waals surface area (Å²) in [5, 5.41) is 0. The molecule has 1 aromatic heterocycles. The van der Waals surface area contributed by atoms with E-state index in [1.807, 2.05) is 0 Å². The van der Waals surface area contributed by atoms with Gasteiger partial charge in [0.05, 0.1) is 5.56 Å². The fourth-order valence-electron chi connectivity index (χ4n) is 4.49. The van der Waals surface area contributed by atoms with E-state index in [1.165, 1.54) is 17.0 Å². The maximum absolute atomic E-state index is 13.5. The number of amides is 2. The van der Waals surface area contributed by atoms with Gasteiger partial charge < -0.3 is 9.80 Å². The Bertz CT molecular complexity index is 925. The summed E-state index contributed by atoms with van der Waals surface area (Å²) in [4.78, 5) is 33.8. The second-order valence-corrected chi connectivity index (χ2v) is 8.16. The molecule has 1 saturated carbocycles. The molecule has 2 aliphatic rings. The van der Waals surface area contributed by atoms with Crippen molar-refractivity contribution in [3.63, 3.8) is 0 Å². The van der Waals surface area contributed by atoms with Crippen molar-refractivity contribution in [2.24, 2.45) is 0 Å². The lowest BCUT2D eigenvalue weighted by atomic mass is 9.91. The SMILES string of the molecule is O=C1[C@H](c2ccncc2)N(Cc2ccc(C(F)(F)F)cc2)C(=O)CN1C1CCCCC1. The monoisotopic (exact) mass is 431 g/mol. The third-order valence-corrected chi connectivity index (χ3v) is 6.13. The maximum atomic E-state index is 13.5. The Labute approximate surface area is 178 Å². The van der Waals surface area contributed by atoms with Crippen LogP contribution in [0.4, 0.5) is 13.2 Å². The zero-order valence-electron chi connectivity index (χ0n) is 17.0. The van der Waals surface area contributed by atoms with Gasteiger partial charge in [-0.3, -0.25) is 14.6 Å². The van der Waals surface area contributed by atoms with E-state index in [0.717, 1.165) is 44.2 Å². The average Bonchev–Trinajstić information content (AvgIpc) is 2.77. The van der Waals surface area contributed by atoms with Crippen molar-refractivity contribution in [1.29, 1.82) is 0 Å². The summed E-state index contributed by atoms with van der Waals surface area (Å²) < 4.78 is 38.6. The predicted molar refractivity (Wildman–Crippen MR) is 108 cm³/mol. The standard InChI is InChI=1S/C23H24F3N3O2/c24-23(25,26)18-8-6-16(7-9-18)14-29-20(30)15-28(19-4-2-1-3-5-19)22(31)21(29)17-10-12-27-13-11-17/h6-13,19,21H,1-5,14-15H2/t21-/m0/s1. The Morgan fingerprint density at radius 1 is 0.935 bits per heavy atom. The Hall–Kier alpha value is -2.90. The van der Waals surface area contributed by atoms with Crippen LogP contribution < -0.4 is 0 Å². The predicted octanol–water partition coefficient (Wildman–Crippen LogP) is 4.35. The van der Waals surface area contributed by atoms with E-state index in [4.69, 9.17) is 0 Å². The van der Waals surface area contributed by atoms with Crippen molar-refractivity contribution in [3.05, 3.63) is 65.5 Å². The Balaban J connectivity index is 1.62. The molecule has 2 aromatic rings. The van der Waals surface area contributed by atoms with Gasteiger partial charge in [0, 0.05) is 25.0 Å². The summed E-state index contributed by atoms with van der Waals surface area (Å²) >= 11 is 0. The van der Waals surface area contributed by atoms with E-state index in [0.29, 0.717) is 11.1 Å². The smallest absolute Gasteiger partial charge is 0.328 e. The maximum Gasteiger partial charge on any atom is 0.416 e. The van der Waals surface area contributed by atoms with Gasteiger partial charge in [0.25, 0.3) is 5.91 Å². The molecule has 2 amide bonds. The molecular weight excluding hydrogens is 407 g/mol. The first kappa shape index (κ1) is 21.3. The minimum atomic E-state index is -4.42. The molecule has 8 heteroatoms. The molecule has 5 nitrogen and oxygen atoms in total. The number of carbonyl (C=O) groups excluding carboxylic acids is 2. The van der Waals surface area contributed by atoms with Gasteiger partial charge in [-0.05, 0) is 48.2 Å². The first-order chi connectivity index (χ1) is 14.8. The molecule has 4 rings (SSSR count). The number of carbonyl (C=O) groups is 2. The molecule has 0 N–H and O–H groups in total. The second kappa shape index (κ2) is 8.69. The van der Waals surface area contributed by atoms with Gasteiger partial charge in [-0.1, -0.05) is 31.4 Å². The Kier molecular flexibility index (Phi) is 5.98. The highest BCUT2D eigenvalue weighted by Gasteiger charge is 2.43. The molecule has 164 valence electrons. The number of rotatable bonds is 4. The van der Waals surface area contributed by atoms with E-state index in [9.17, 15) is 22.8 Å². The van der Waals surface area contributed by atoms with E-state index in [2.05, 4.69) is 4.98 Å². The van der Waals surface area contributed by atoms with Crippen LogP contribution in [0.5, 0.6) is 0 Å². The number of hydrogen-bond acceptors (Lipinski definition) is 3. The zero-order chi connectivity index (χ0) is 22.0. The fourth-order valence-corrected chi connectivity index (χ4v) is 4.49. The van der Waals surface area contributed by atoms with Gasteiger partial charge in [0.2, 0.25) is 5.91 Å². The quantitative estimate of drug-likeness (QED) is 0.724. The normalized spacial score (nSPS) is 20.9. The van der Waals surface area contributed by atoms with Crippen LogP contribution in [0.1, 0.15) is 54.8 Å². The van der Waals surface area contributed by atoms with E-state index in [-0.39, 0.29) is 30.9 Å². The molecule has 0 radical (unpaired) electrons. The number of benzene rings is 1. The molecule has 0 unspecified atom stereocenters. The highest BCUT2D eigenvalue weighted by molar-refractivity contribution is 5.95. The first-order valence-electron chi connectivity index (χ1n) is 10.5. The zero-order valence-corrected chi connectivity index (χ0v) is 17.0. The van der Waals surface area contributed by atoms with Crippen molar-refractivity contribution < 1.29 is 22.8 Å². The molecule has 0 spiro atoms. The van der Waals surface area contributed by atoms with Gasteiger partial charge in [-0.25, -0.2) is 0 Å². The number of hydrogen-bond donors (Lipinski definition) is 0. The molecule has 31 heavy (non-hydrogen) atoms. The summed E-state index contributed by atoms with van der Waals surface area (Å²) in [5.41, 5.74) is 0.451. The van der Waals surface area contributed by atoms with Crippen molar-refractivity contribution in [3.8, 4) is 0 Å². The Morgan fingerprint density at radius 3 is 2.19 bits per heavy atom. The minimum absolute atomic E-state index is 0.00567. The average molecular weight is 431 g/mol. The number of pyridine rings is 1. The van der Waals surface area contributed by atoms with E-state index in [1.54, 1.807) is 29.4 Å². The van der Waals surface area contributed by atoms with Gasteiger partial charge in [0.1, 0.15) is 12.6 Å². The van der Waals surface area contributed by atoms with Gasteiger partial charge >= 0.3 is 6.18 Å². The van der Waals surface area contributed by atoms with Crippen LogP contribution in [-0.2, 0) is 22.3 Å². The van der Waals surface area contributed by atoms with Crippen LogP contribution in [0, 0.1) is 0 Å². The van der Waals surface area contributed by atoms with E-state index < -0.39 is 17.8 Å². The van der Waals surface area contributed by atoms with Crippen LogP contribution in [0.25, 0.3) is 0 Å². The molecule has 1 aliphatic carbocycles. The third kappa shape index (κ3) is 4.57. The lowest BCUT2D eigenvalue weighted by Crippen LogP contribution is -2.58. The van der Waals surface area contributed by atoms with Crippen LogP contribution >= 0.6 is 0 Å². The van der Waals surface area contributed by atoms with E-state index >= 15 is 0 Å². The third-order valence-electron chi connectivity index (χ3n) is 6.13. The van der Waals surface area contributed by atoms with Crippen molar-refractivity contribution in [2.75, 3.05) is 6.54 Å². The minimum Gasteiger partial charge on any atom is -0.328 e. The summed E-state index contributed by atoms with van der Waals surface area (Å²) in [6.45, 7) is 0.0694. The van der Waals surface area contributed by atoms with Gasteiger partial charge in [-0.15, -0.1) is 0 Å². The number of halogens is 3. The number of aromatic nitrogens is 1. The first-order valence-corrected chi connectivity index (χ1v) is 10.5.